The number of rotatable bonds is 6. The Morgan fingerprint density at radius 2 is 1.90 bits per heavy atom. The van der Waals surface area contributed by atoms with E-state index in [1.54, 1.807) is 4.57 Å². The molecule has 2 saturated heterocycles. The van der Waals surface area contributed by atoms with Crippen LogP contribution in [0, 0.1) is 5.92 Å². The van der Waals surface area contributed by atoms with Crippen molar-refractivity contribution in [1.82, 2.24) is 19.8 Å². The van der Waals surface area contributed by atoms with E-state index in [1.165, 1.54) is 0 Å². The minimum atomic E-state index is -0.0513. The summed E-state index contributed by atoms with van der Waals surface area (Å²) in [5.74, 6) is 0.627. The lowest BCUT2D eigenvalue weighted by Gasteiger charge is -2.32. The fourth-order valence-electron chi connectivity index (χ4n) is 4.36. The molecule has 30 heavy (non-hydrogen) atoms. The fourth-order valence-corrected chi connectivity index (χ4v) is 4.36. The van der Waals surface area contributed by atoms with Gasteiger partial charge in [-0.15, -0.1) is 0 Å². The molecule has 1 N–H and O–H groups in total. The van der Waals surface area contributed by atoms with Crippen molar-refractivity contribution in [2.24, 2.45) is 5.92 Å². The molecule has 0 bridgehead atoms. The third kappa shape index (κ3) is 4.49. The van der Waals surface area contributed by atoms with Crippen molar-refractivity contribution < 1.29 is 9.53 Å². The van der Waals surface area contributed by atoms with Gasteiger partial charge >= 0.3 is 0 Å². The van der Waals surface area contributed by atoms with E-state index in [0.717, 1.165) is 56.7 Å². The summed E-state index contributed by atoms with van der Waals surface area (Å²) in [5.41, 5.74) is 1.64. The van der Waals surface area contributed by atoms with Crippen LogP contribution in [0.1, 0.15) is 19.8 Å². The molecule has 0 unspecified atom stereocenters. The van der Waals surface area contributed by atoms with E-state index in [4.69, 9.17) is 4.74 Å². The number of nitrogens with zero attached hydrogens (tertiary/aromatic N) is 4. The first-order valence-corrected chi connectivity index (χ1v) is 11.0. The van der Waals surface area contributed by atoms with Gasteiger partial charge in [-0.1, -0.05) is 12.1 Å². The maximum absolute atomic E-state index is 13.0. The molecule has 0 saturated carbocycles. The van der Waals surface area contributed by atoms with Crippen LogP contribution in [0.2, 0.25) is 0 Å². The summed E-state index contributed by atoms with van der Waals surface area (Å²) < 4.78 is 7.13. The highest BCUT2D eigenvalue weighted by atomic mass is 16.5. The Morgan fingerprint density at radius 1 is 1.17 bits per heavy atom. The first kappa shape index (κ1) is 20.8. The standard InChI is InChI=1S/C22H31N5O3/c1-2-27-19-6-4-3-5-18(19)24-20(22(27)29)26-10-7-17(8-11-26)21(28)23-9-12-25-13-15-30-16-14-25/h3-6,17H,2,7-16H2,1H3,(H,23,28). The molecule has 1 aromatic heterocycles. The summed E-state index contributed by atoms with van der Waals surface area (Å²) in [7, 11) is 0. The molecule has 0 radical (unpaired) electrons. The van der Waals surface area contributed by atoms with Gasteiger partial charge in [0, 0.05) is 51.7 Å². The van der Waals surface area contributed by atoms with Gasteiger partial charge in [0.1, 0.15) is 0 Å². The molecule has 1 aromatic carbocycles. The van der Waals surface area contributed by atoms with Crippen molar-refractivity contribution in [3.8, 4) is 0 Å². The summed E-state index contributed by atoms with van der Waals surface area (Å²) in [6.07, 6.45) is 1.48. The molecule has 8 nitrogen and oxygen atoms in total. The summed E-state index contributed by atoms with van der Waals surface area (Å²) in [6.45, 7) is 8.88. The Labute approximate surface area is 176 Å². The summed E-state index contributed by atoms with van der Waals surface area (Å²) >= 11 is 0. The maximum atomic E-state index is 13.0. The predicted molar refractivity (Wildman–Crippen MR) is 117 cm³/mol. The molecule has 2 aliphatic heterocycles. The lowest BCUT2D eigenvalue weighted by Crippen LogP contribution is -2.45. The zero-order valence-corrected chi connectivity index (χ0v) is 17.7. The SMILES string of the molecule is CCn1c(=O)c(N2CCC(C(=O)NCCN3CCOCC3)CC2)nc2ccccc21. The van der Waals surface area contributed by atoms with E-state index >= 15 is 0 Å². The van der Waals surface area contributed by atoms with Gasteiger partial charge in [-0.2, -0.15) is 0 Å². The van der Waals surface area contributed by atoms with Crippen LogP contribution >= 0.6 is 0 Å². The van der Waals surface area contributed by atoms with Gasteiger partial charge in [0.05, 0.1) is 24.2 Å². The van der Waals surface area contributed by atoms with Gasteiger partial charge in [0.2, 0.25) is 5.91 Å². The van der Waals surface area contributed by atoms with Crippen LogP contribution in [0.5, 0.6) is 0 Å². The molecule has 0 spiro atoms. The highest BCUT2D eigenvalue weighted by molar-refractivity contribution is 5.79. The van der Waals surface area contributed by atoms with E-state index in [9.17, 15) is 9.59 Å². The number of amides is 1. The quantitative estimate of drug-likeness (QED) is 0.764. The zero-order valence-electron chi connectivity index (χ0n) is 17.7. The largest absolute Gasteiger partial charge is 0.379 e. The van der Waals surface area contributed by atoms with Crippen LogP contribution in [0.3, 0.4) is 0 Å². The highest BCUT2D eigenvalue weighted by Gasteiger charge is 2.27. The summed E-state index contributed by atoms with van der Waals surface area (Å²) in [5, 5.41) is 3.09. The Kier molecular flexibility index (Phi) is 6.64. The molecule has 2 aromatic rings. The molecule has 8 heteroatoms. The van der Waals surface area contributed by atoms with E-state index in [-0.39, 0.29) is 17.4 Å². The van der Waals surface area contributed by atoms with E-state index in [0.29, 0.717) is 32.0 Å². The minimum absolute atomic E-state index is 0.000189. The lowest BCUT2D eigenvalue weighted by molar-refractivity contribution is -0.125. The third-order valence-electron chi connectivity index (χ3n) is 6.15. The van der Waals surface area contributed by atoms with Crippen LogP contribution in [-0.4, -0.2) is 72.8 Å². The number of aromatic nitrogens is 2. The van der Waals surface area contributed by atoms with Crippen LogP contribution < -0.4 is 15.8 Å². The zero-order chi connectivity index (χ0) is 20.9. The maximum Gasteiger partial charge on any atom is 0.293 e. The van der Waals surface area contributed by atoms with Crippen molar-refractivity contribution in [2.45, 2.75) is 26.3 Å². The van der Waals surface area contributed by atoms with Crippen molar-refractivity contribution in [3.63, 3.8) is 0 Å². The number of fused-ring (bicyclic) bond motifs is 1. The smallest absolute Gasteiger partial charge is 0.293 e. The highest BCUT2D eigenvalue weighted by Crippen LogP contribution is 2.22. The number of benzene rings is 1. The summed E-state index contributed by atoms with van der Waals surface area (Å²) in [6, 6.07) is 7.75. The second-order valence-electron chi connectivity index (χ2n) is 7.98. The molecule has 0 aliphatic carbocycles. The van der Waals surface area contributed by atoms with E-state index in [2.05, 4.69) is 15.2 Å². The van der Waals surface area contributed by atoms with Crippen molar-refractivity contribution in [2.75, 3.05) is 57.4 Å². The number of carbonyl (C=O) groups excluding carboxylic acids is 1. The lowest BCUT2D eigenvalue weighted by atomic mass is 9.96. The normalized spacial score (nSPS) is 18.6. The fraction of sp³-hybridized carbons (Fsp3) is 0.591. The molecule has 1 amide bonds. The molecule has 0 atom stereocenters. The van der Waals surface area contributed by atoms with Crippen LogP contribution in [0.25, 0.3) is 11.0 Å². The topological polar surface area (TPSA) is 79.7 Å². The molecule has 4 rings (SSSR count). The number of hydrogen-bond donors (Lipinski definition) is 1. The second-order valence-corrected chi connectivity index (χ2v) is 7.98. The Morgan fingerprint density at radius 3 is 2.63 bits per heavy atom. The molecular weight excluding hydrogens is 382 g/mol. The number of aryl methyl sites for hydroxylation is 1. The van der Waals surface area contributed by atoms with Crippen LogP contribution in [-0.2, 0) is 16.1 Å². The number of para-hydroxylation sites is 2. The van der Waals surface area contributed by atoms with Gasteiger partial charge in [-0.25, -0.2) is 4.98 Å². The average Bonchev–Trinajstić information content (AvgIpc) is 2.79. The van der Waals surface area contributed by atoms with Crippen molar-refractivity contribution >= 4 is 22.8 Å². The van der Waals surface area contributed by atoms with Crippen molar-refractivity contribution in [1.29, 1.82) is 0 Å². The van der Waals surface area contributed by atoms with Crippen LogP contribution in [0.4, 0.5) is 5.82 Å². The Hall–Kier alpha value is -2.45. The number of piperidine rings is 1. The number of morpholine rings is 1. The average molecular weight is 414 g/mol. The van der Waals surface area contributed by atoms with Gasteiger partial charge in [-0.3, -0.25) is 14.5 Å². The molecule has 2 fully saturated rings. The number of carbonyl (C=O) groups is 1. The first-order valence-electron chi connectivity index (χ1n) is 11.0. The molecule has 162 valence electrons. The third-order valence-corrected chi connectivity index (χ3v) is 6.15. The molecule has 2 aliphatic rings. The predicted octanol–water partition coefficient (Wildman–Crippen LogP) is 1.08. The van der Waals surface area contributed by atoms with Gasteiger partial charge in [0.15, 0.2) is 5.82 Å². The summed E-state index contributed by atoms with van der Waals surface area (Å²) in [4.78, 5) is 34.6. The van der Waals surface area contributed by atoms with Gasteiger partial charge in [0.25, 0.3) is 5.56 Å². The number of ether oxygens (including phenoxy) is 1. The Balaban J connectivity index is 1.34. The van der Waals surface area contributed by atoms with Crippen LogP contribution in [0.15, 0.2) is 29.1 Å². The number of hydrogen-bond acceptors (Lipinski definition) is 6. The number of anilines is 1. The minimum Gasteiger partial charge on any atom is -0.379 e. The second kappa shape index (κ2) is 9.57. The van der Waals surface area contributed by atoms with Gasteiger partial charge in [-0.05, 0) is 31.9 Å². The Bertz CT molecular complexity index is 930. The molecular formula is C22H31N5O3. The van der Waals surface area contributed by atoms with Gasteiger partial charge < -0.3 is 19.5 Å². The number of nitrogens with one attached hydrogen (secondary N) is 1. The van der Waals surface area contributed by atoms with E-state index in [1.807, 2.05) is 36.1 Å². The van der Waals surface area contributed by atoms with E-state index < -0.39 is 0 Å². The first-order chi connectivity index (χ1) is 14.7. The van der Waals surface area contributed by atoms with Crippen molar-refractivity contribution in [3.05, 3.63) is 34.6 Å². The monoisotopic (exact) mass is 413 g/mol. The molecule has 3 heterocycles.